The van der Waals surface area contributed by atoms with Crippen molar-refractivity contribution in [3.05, 3.63) is 0 Å². The summed E-state index contributed by atoms with van der Waals surface area (Å²) in [4.78, 5) is 26.4. The number of ether oxygens (including phenoxy) is 1. The lowest BCUT2D eigenvalue weighted by molar-refractivity contribution is -0.153. The van der Waals surface area contributed by atoms with E-state index >= 15 is 0 Å². The van der Waals surface area contributed by atoms with Gasteiger partial charge in [-0.3, -0.25) is 14.5 Å². The third kappa shape index (κ3) is 5.46. The Hall–Kier alpha value is -1.15. The van der Waals surface area contributed by atoms with E-state index < -0.39 is 15.8 Å². The van der Waals surface area contributed by atoms with Gasteiger partial charge in [-0.1, -0.05) is 0 Å². The fraction of sp³-hybridized carbons (Fsp3) is 0.833. The van der Waals surface area contributed by atoms with Gasteiger partial charge in [0.25, 0.3) is 5.91 Å². The molecule has 0 aromatic rings. The van der Waals surface area contributed by atoms with Gasteiger partial charge in [0.05, 0.1) is 18.1 Å². The van der Waals surface area contributed by atoms with Gasteiger partial charge in [0.15, 0.2) is 16.4 Å². The third-order valence-electron chi connectivity index (χ3n) is 3.31. The lowest BCUT2D eigenvalue weighted by Gasteiger charge is -2.25. The zero-order valence-corrected chi connectivity index (χ0v) is 13.0. The highest BCUT2D eigenvalue weighted by molar-refractivity contribution is 7.91. The lowest BCUT2D eigenvalue weighted by atomic mass is 10.3. The molecule has 0 N–H and O–H groups in total. The number of nitrogens with zero attached hydrogens (tertiary/aromatic N) is 2. The van der Waals surface area contributed by atoms with E-state index in [2.05, 4.69) is 0 Å². The van der Waals surface area contributed by atoms with Crippen molar-refractivity contribution < 1.29 is 22.7 Å². The summed E-state index contributed by atoms with van der Waals surface area (Å²) in [7, 11) is -1.30. The maximum atomic E-state index is 11.6. The van der Waals surface area contributed by atoms with E-state index in [0.717, 1.165) is 0 Å². The number of sulfone groups is 1. The van der Waals surface area contributed by atoms with Crippen LogP contribution in [0.15, 0.2) is 0 Å². The quantitative estimate of drug-likeness (QED) is 0.614. The molecule has 20 heavy (non-hydrogen) atoms. The normalized spacial score (nSPS) is 18.8. The van der Waals surface area contributed by atoms with Crippen LogP contribution in [0.4, 0.5) is 0 Å². The molecule has 1 amide bonds. The molecule has 0 unspecified atom stereocenters. The monoisotopic (exact) mass is 306 g/mol. The molecule has 0 aromatic heterocycles. The van der Waals surface area contributed by atoms with E-state index in [4.69, 9.17) is 4.74 Å². The molecule has 0 aromatic carbocycles. The number of carbonyl (C=O) groups is 2. The molecule has 1 rings (SSSR count). The van der Waals surface area contributed by atoms with Crippen molar-refractivity contribution in [3.8, 4) is 0 Å². The summed E-state index contributed by atoms with van der Waals surface area (Å²) in [6, 6.07) is 0.0495. The predicted octanol–water partition coefficient (Wildman–Crippen LogP) is -0.873. The van der Waals surface area contributed by atoms with Gasteiger partial charge in [-0.2, -0.15) is 0 Å². The zero-order chi connectivity index (χ0) is 15.3. The first kappa shape index (κ1) is 16.9. The molecule has 0 bridgehead atoms. The standard InChI is InChI=1S/C12H22N2O5S/c1-10(2)13(3)11(15)9-19-12(16)8-14-4-6-20(17,18)7-5-14/h10H,4-9H2,1-3H3. The summed E-state index contributed by atoms with van der Waals surface area (Å²) in [5.41, 5.74) is 0. The molecule has 1 fully saturated rings. The van der Waals surface area contributed by atoms with Gasteiger partial charge >= 0.3 is 5.97 Å². The van der Waals surface area contributed by atoms with Crippen LogP contribution in [-0.4, -0.2) is 80.9 Å². The molecule has 0 spiro atoms. The molecule has 0 atom stereocenters. The second-order valence-corrected chi connectivity index (χ2v) is 7.49. The Morgan fingerprint density at radius 1 is 1.25 bits per heavy atom. The van der Waals surface area contributed by atoms with Crippen molar-refractivity contribution >= 4 is 21.7 Å². The SMILES string of the molecule is CC(C)N(C)C(=O)COC(=O)CN1CCS(=O)(=O)CC1. The van der Waals surface area contributed by atoms with Crippen LogP contribution in [0.25, 0.3) is 0 Å². The molecule has 0 aliphatic carbocycles. The van der Waals surface area contributed by atoms with Crippen molar-refractivity contribution in [1.29, 1.82) is 0 Å². The Morgan fingerprint density at radius 2 is 1.80 bits per heavy atom. The fourth-order valence-corrected chi connectivity index (χ4v) is 2.95. The number of amides is 1. The van der Waals surface area contributed by atoms with Gasteiger partial charge < -0.3 is 9.64 Å². The summed E-state index contributed by atoms with van der Waals surface area (Å²) >= 11 is 0. The number of esters is 1. The van der Waals surface area contributed by atoms with Crippen LogP contribution in [0, 0.1) is 0 Å². The predicted molar refractivity (Wildman–Crippen MR) is 74.0 cm³/mol. The van der Waals surface area contributed by atoms with Crippen LogP contribution < -0.4 is 0 Å². The van der Waals surface area contributed by atoms with E-state index in [1.54, 1.807) is 11.9 Å². The molecule has 1 heterocycles. The van der Waals surface area contributed by atoms with Crippen LogP contribution in [0.3, 0.4) is 0 Å². The van der Waals surface area contributed by atoms with Crippen molar-refractivity contribution in [2.45, 2.75) is 19.9 Å². The lowest BCUT2D eigenvalue weighted by Crippen LogP contribution is -2.43. The minimum absolute atomic E-state index is 0.0220. The van der Waals surface area contributed by atoms with E-state index in [-0.39, 0.29) is 36.6 Å². The van der Waals surface area contributed by atoms with Gasteiger partial charge in [0.2, 0.25) is 0 Å². The first-order chi connectivity index (χ1) is 9.21. The summed E-state index contributed by atoms with van der Waals surface area (Å²) in [5, 5.41) is 0. The van der Waals surface area contributed by atoms with Crippen LogP contribution in [-0.2, 0) is 24.2 Å². The molecule has 7 nitrogen and oxygen atoms in total. The highest BCUT2D eigenvalue weighted by atomic mass is 32.2. The molecular weight excluding hydrogens is 284 g/mol. The van der Waals surface area contributed by atoms with Gasteiger partial charge in [-0.25, -0.2) is 8.42 Å². The average Bonchev–Trinajstić information content (AvgIpc) is 2.37. The van der Waals surface area contributed by atoms with Crippen molar-refractivity contribution in [2.75, 3.05) is 44.8 Å². The Balaban J connectivity index is 2.29. The molecule has 116 valence electrons. The smallest absolute Gasteiger partial charge is 0.320 e. The van der Waals surface area contributed by atoms with Crippen LogP contribution in [0.2, 0.25) is 0 Å². The van der Waals surface area contributed by atoms with Crippen molar-refractivity contribution in [3.63, 3.8) is 0 Å². The van der Waals surface area contributed by atoms with Crippen LogP contribution in [0.1, 0.15) is 13.8 Å². The van der Waals surface area contributed by atoms with Crippen LogP contribution in [0.5, 0.6) is 0 Å². The molecule has 0 radical (unpaired) electrons. The van der Waals surface area contributed by atoms with Crippen LogP contribution >= 0.6 is 0 Å². The minimum Gasteiger partial charge on any atom is -0.455 e. The molecule has 0 saturated carbocycles. The molecule has 1 saturated heterocycles. The van der Waals surface area contributed by atoms with E-state index in [0.29, 0.717) is 13.1 Å². The highest BCUT2D eigenvalue weighted by Crippen LogP contribution is 2.03. The van der Waals surface area contributed by atoms with E-state index in [1.165, 1.54) is 4.90 Å². The number of likely N-dealkylation sites (N-methyl/N-ethyl adjacent to an activating group) is 1. The van der Waals surface area contributed by atoms with Crippen molar-refractivity contribution in [1.82, 2.24) is 9.80 Å². The first-order valence-electron chi connectivity index (χ1n) is 6.55. The Bertz CT molecular complexity index is 446. The van der Waals surface area contributed by atoms with Gasteiger partial charge in [-0.05, 0) is 13.8 Å². The summed E-state index contributed by atoms with van der Waals surface area (Å²) in [6.07, 6.45) is 0. The topological polar surface area (TPSA) is 84.0 Å². The van der Waals surface area contributed by atoms with E-state index in [9.17, 15) is 18.0 Å². The summed E-state index contributed by atoms with van der Waals surface area (Å²) in [6.45, 7) is 4.14. The second-order valence-electron chi connectivity index (χ2n) is 5.19. The maximum absolute atomic E-state index is 11.6. The maximum Gasteiger partial charge on any atom is 0.320 e. The van der Waals surface area contributed by atoms with E-state index in [1.807, 2.05) is 13.8 Å². The third-order valence-corrected chi connectivity index (χ3v) is 4.92. The number of carbonyl (C=O) groups excluding carboxylic acids is 2. The van der Waals surface area contributed by atoms with Gasteiger partial charge in [-0.15, -0.1) is 0 Å². The van der Waals surface area contributed by atoms with Crippen molar-refractivity contribution in [2.24, 2.45) is 0 Å². The molecule has 1 aliphatic rings. The molecule has 1 aliphatic heterocycles. The number of hydrogen-bond donors (Lipinski definition) is 0. The van der Waals surface area contributed by atoms with Gasteiger partial charge in [0.1, 0.15) is 0 Å². The van der Waals surface area contributed by atoms with Gasteiger partial charge in [0, 0.05) is 26.2 Å². The Labute approximate surface area is 119 Å². The largest absolute Gasteiger partial charge is 0.455 e. The molecule has 8 heteroatoms. The second kappa shape index (κ2) is 7.03. The number of hydrogen-bond acceptors (Lipinski definition) is 6. The average molecular weight is 306 g/mol. The Morgan fingerprint density at radius 3 is 2.30 bits per heavy atom. The number of rotatable bonds is 5. The first-order valence-corrected chi connectivity index (χ1v) is 8.37. The highest BCUT2D eigenvalue weighted by Gasteiger charge is 2.24. The Kier molecular flexibility index (Phi) is 5.94. The molecular formula is C12H22N2O5S. The minimum atomic E-state index is -2.95. The summed E-state index contributed by atoms with van der Waals surface area (Å²) in [5.74, 6) is -0.630. The fourth-order valence-electron chi connectivity index (χ4n) is 1.67. The summed E-state index contributed by atoms with van der Waals surface area (Å²) < 4.78 is 27.4. The zero-order valence-electron chi connectivity index (χ0n) is 12.2.